The molecule has 0 unspecified atom stereocenters. The number of nitrogens with one attached hydrogen (secondary N) is 1. The summed E-state index contributed by atoms with van der Waals surface area (Å²) in [5.74, 6) is 1.60. The number of carbonyl (C=O) groups excluding carboxylic acids is 2. The average molecular weight is 425 g/mol. The molecule has 1 aliphatic rings. The fraction of sp³-hybridized carbons (Fsp3) is 0.440. The maximum absolute atomic E-state index is 12.6. The predicted octanol–water partition coefficient (Wildman–Crippen LogP) is 3.61. The Hall–Kier alpha value is -3.02. The van der Waals surface area contributed by atoms with Gasteiger partial charge in [0.25, 0.3) is 5.91 Å². The minimum atomic E-state index is -0.127. The molecule has 3 rings (SSSR count). The van der Waals surface area contributed by atoms with Crippen molar-refractivity contribution in [3.63, 3.8) is 0 Å². The second kappa shape index (κ2) is 10.8. The lowest BCUT2D eigenvalue weighted by atomic mass is 9.96. The van der Waals surface area contributed by atoms with Crippen LogP contribution in [0.5, 0.6) is 11.5 Å². The van der Waals surface area contributed by atoms with Crippen LogP contribution in [0.1, 0.15) is 40.7 Å². The topological polar surface area (TPSA) is 67.9 Å². The highest BCUT2D eigenvalue weighted by molar-refractivity contribution is 5.94. The van der Waals surface area contributed by atoms with Gasteiger partial charge in [0.1, 0.15) is 0 Å². The number of methoxy groups -OCH3 is 2. The molecule has 0 atom stereocenters. The van der Waals surface area contributed by atoms with Gasteiger partial charge in [0.05, 0.1) is 14.2 Å². The van der Waals surface area contributed by atoms with Gasteiger partial charge >= 0.3 is 0 Å². The Bertz CT molecular complexity index is 904. The number of nitrogens with zero attached hydrogens (tertiary/aromatic N) is 1. The van der Waals surface area contributed by atoms with Crippen LogP contribution in [0, 0.1) is 12.8 Å². The Kier molecular flexibility index (Phi) is 7.93. The Balaban J connectivity index is 1.41. The maximum atomic E-state index is 12.6. The third-order valence-electron chi connectivity index (χ3n) is 5.87. The predicted molar refractivity (Wildman–Crippen MR) is 121 cm³/mol. The number of hydrogen-bond acceptors (Lipinski definition) is 4. The normalized spacial score (nSPS) is 14.2. The largest absolute Gasteiger partial charge is 0.493 e. The summed E-state index contributed by atoms with van der Waals surface area (Å²) >= 11 is 0. The molecule has 0 spiro atoms. The van der Waals surface area contributed by atoms with E-state index in [0.29, 0.717) is 35.9 Å². The van der Waals surface area contributed by atoms with Gasteiger partial charge in [0.15, 0.2) is 11.5 Å². The first kappa shape index (κ1) is 22.7. The van der Waals surface area contributed by atoms with E-state index in [-0.39, 0.29) is 11.8 Å². The van der Waals surface area contributed by atoms with Gasteiger partial charge in [-0.05, 0) is 55.9 Å². The van der Waals surface area contributed by atoms with E-state index >= 15 is 0 Å². The van der Waals surface area contributed by atoms with Gasteiger partial charge in [-0.3, -0.25) is 9.59 Å². The van der Waals surface area contributed by atoms with E-state index in [1.54, 1.807) is 32.4 Å². The number of rotatable bonds is 8. The fourth-order valence-corrected chi connectivity index (χ4v) is 3.98. The number of amides is 2. The van der Waals surface area contributed by atoms with Gasteiger partial charge in [0, 0.05) is 31.6 Å². The SMILES string of the molecule is COc1ccc(C(=O)NCC2CCN(C(=O)CCc3cccc(C)c3)CC2)cc1OC. The second-order valence-electron chi connectivity index (χ2n) is 8.09. The van der Waals surface area contributed by atoms with Crippen LogP contribution in [-0.2, 0) is 11.2 Å². The molecule has 1 fully saturated rings. The number of carbonyl (C=O) groups is 2. The monoisotopic (exact) mass is 424 g/mol. The van der Waals surface area contributed by atoms with Crippen molar-refractivity contribution in [3.05, 3.63) is 59.2 Å². The van der Waals surface area contributed by atoms with E-state index in [1.165, 1.54) is 11.1 Å². The number of ether oxygens (including phenoxy) is 2. The highest BCUT2D eigenvalue weighted by Gasteiger charge is 2.23. The molecule has 6 nitrogen and oxygen atoms in total. The molecule has 0 bridgehead atoms. The minimum absolute atomic E-state index is 0.127. The summed E-state index contributed by atoms with van der Waals surface area (Å²) in [7, 11) is 3.12. The quantitative estimate of drug-likeness (QED) is 0.703. The Morgan fingerprint density at radius 3 is 2.45 bits per heavy atom. The molecule has 1 saturated heterocycles. The zero-order chi connectivity index (χ0) is 22.2. The second-order valence-corrected chi connectivity index (χ2v) is 8.09. The van der Waals surface area contributed by atoms with Crippen LogP contribution in [-0.4, -0.2) is 50.6 Å². The van der Waals surface area contributed by atoms with Crippen molar-refractivity contribution in [2.75, 3.05) is 33.9 Å². The zero-order valence-electron chi connectivity index (χ0n) is 18.6. The van der Waals surface area contributed by atoms with Crippen LogP contribution >= 0.6 is 0 Å². The van der Waals surface area contributed by atoms with Crippen LogP contribution in [0.2, 0.25) is 0 Å². The molecule has 0 aliphatic carbocycles. The van der Waals surface area contributed by atoms with Gasteiger partial charge in [-0.2, -0.15) is 0 Å². The van der Waals surface area contributed by atoms with E-state index < -0.39 is 0 Å². The Labute approximate surface area is 184 Å². The summed E-state index contributed by atoms with van der Waals surface area (Å²) in [4.78, 5) is 27.0. The molecule has 0 saturated carbocycles. The van der Waals surface area contributed by atoms with Crippen LogP contribution in [0.4, 0.5) is 0 Å². The lowest BCUT2D eigenvalue weighted by molar-refractivity contribution is -0.132. The lowest BCUT2D eigenvalue weighted by Gasteiger charge is -2.32. The molecular weight excluding hydrogens is 392 g/mol. The van der Waals surface area contributed by atoms with Crippen LogP contribution in [0.3, 0.4) is 0 Å². The van der Waals surface area contributed by atoms with E-state index in [1.807, 2.05) is 11.0 Å². The first-order valence-corrected chi connectivity index (χ1v) is 10.8. The summed E-state index contributed by atoms with van der Waals surface area (Å²) in [5, 5.41) is 3.01. The lowest BCUT2D eigenvalue weighted by Crippen LogP contribution is -2.41. The van der Waals surface area contributed by atoms with Gasteiger partial charge in [-0.1, -0.05) is 29.8 Å². The molecular formula is C25H32N2O4. The van der Waals surface area contributed by atoms with Crippen LogP contribution in [0.25, 0.3) is 0 Å². The average Bonchev–Trinajstić information content (AvgIpc) is 2.80. The number of hydrogen-bond donors (Lipinski definition) is 1. The van der Waals surface area contributed by atoms with E-state index in [2.05, 4.69) is 30.4 Å². The number of piperidine rings is 1. The molecule has 0 radical (unpaired) electrons. The summed E-state index contributed by atoms with van der Waals surface area (Å²) in [6.45, 7) is 4.19. The highest BCUT2D eigenvalue weighted by atomic mass is 16.5. The van der Waals surface area contributed by atoms with Gasteiger partial charge in [-0.15, -0.1) is 0 Å². The molecule has 0 aromatic heterocycles. The van der Waals surface area contributed by atoms with Crippen molar-refractivity contribution < 1.29 is 19.1 Å². The summed E-state index contributed by atoms with van der Waals surface area (Å²) < 4.78 is 10.5. The van der Waals surface area contributed by atoms with Gasteiger partial charge in [0.2, 0.25) is 5.91 Å². The Morgan fingerprint density at radius 1 is 1.03 bits per heavy atom. The summed E-state index contributed by atoms with van der Waals surface area (Å²) in [5.41, 5.74) is 2.98. The maximum Gasteiger partial charge on any atom is 0.251 e. The van der Waals surface area contributed by atoms with E-state index in [0.717, 1.165) is 32.4 Å². The summed E-state index contributed by atoms with van der Waals surface area (Å²) in [6.07, 6.45) is 3.14. The van der Waals surface area contributed by atoms with Gasteiger partial charge < -0.3 is 19.7 Å². The first-order valence-electron chi connectivity index (χ1n) is 10.8. The smallest absolute Gasteiger partial charge is 0.251 e. The van der Waals surface area contributed by atoms with Crippen molar-refractivity contribution in [2.45, 2.75) is 32.6 Å². The molecule has 6 heteroatoms. The molecule has 1 aliphatic heterocycles. The van der Waals surface area contributed by atoms with Crippen molar-refractivity contribution in [1.82, 2.24) is 10.2 Å². The molecule has 1 N–H and O–H groups in total. The van der Waals surface area contributed by atoms with Crippen molar-refractivity contribution in [3.8, 4) is 11.5 Å². The zero-order valence-corrected chi connectivity index (χ0v) is 18.6. The van der Waals surface area contributed by atoms with Crippen LogP contribution in [0.15, 0.2) is 42.5 Å². The van der Waals surface area contributed by atoms with Gasteiger partial charge in [-0.25, -0.2) is 0 Å². The molecule has 2 amide bonds. The fourth-order valence-electron chi connectivity index (χ4n) is 3.98. The van der Waals surface area contributed by atoms with E-state index in [4.69, 9.17) is 9.47 Å². The Morgan fingerprint density at radius 2 is 1.77 bits per heavy atom. The number of likely N-dealkylation sites (tertiary alicyclic amines) is 1. The number of aryl methyl sites for hydroxylation is 2. The number of benzene rings is 2. The van der Waals surface area contributed by atoms with Crippen molar-refractivity contribution >= 4 is 11.8 Å². The minimum Gasteiger partial charge on any atom is -0.493 e. The molecule has 2 aromatic rings. The van der Waals surface area contributed by atoms with Crippen molar-refractivity contribution in [2.24, 2.45) is 5.92 Å². The van der Waals surface area contributed by atoms with Crippen LogP contribution < -0.4 is 14.8 Å². The standard InChI is InChI=1S/C25H32N2O4/c1-18-5-4-6-19(15-18)7-10-24(28)27-13-11-20(12-14-27)17-26-25(29)21-8-9-22(30-2)23(16-21)31-3/h4-6,8-9,15-16,20H,7,10-14,17H2,1-3H3,(H,26,29). The first-order chi connectivity index (χ1) is 15.0. The summed E-state index contributed by atoms with van der Waals surface area (Å²) in [6, 6.07) is 13.5. The third kappa shape index (κ3) is 6.23. The highest BCUT2D eigenvalue weighted by Crippen LogP contribution is 2.27. The molecule has 31 heavy (non-hydrogen) atoms. The molecule has 1 heterocycles. The molecule has 2 aromatic carbocycles. The van der Waals surface area contributed by atoms with E-state index in [9.17, 15) is 9.59 Å². The molecule has 166 valence electrons. The third-order valence-corrected chi connectivity index (χ3v) is 5.87. The van der Waals surface area contributed by atoms with Crippen molar-refractivity contribution in [1.29, 1.82) is 0 Å².